The van der Waals surface area contributed by atoms with E-state index < -0.39 is 5.91 Å². The second-order valence-corrected chi connectivity index (χ2v) is 10.0. The molecule has 0 bridgehead atoms. The number of ether oxygens (including phenoxy) is 1. The van der Waals surface area contributed by atoms with Gasteiger partial charge in [0.2, 0.25) is 11.8 Å². The summed E-state index contributed by atoms with van der Waals surface area (Å²) >= 11 is 13.1. The van der Waals surface area contributed by atoms with E-state index in [9.17, 15) is 14.4 Å². The van der Waals surface area contributed by atoms with E-state index in [1.54, 1.807) is 49.5 Å². The summed E-state index contributed by atoms with van der Waals surface area (Å²) in [6, 6.07) is 19.4. The first-order valence-electron chi connectivity index (χ1n) is 12.9. The van der Waals surface area contributed by atoms with E-state index in [0.29, 0.717) is 27.7 Å². The highest BCUT2D eigenvalue weighted by Crippen LogP contribution is 2.35. The van der Waals surface area contributed by atoms with Crippen LogP contribution in [0.2, 0.25) is 10.0 Å². The third kappa shape index (κ3) is 7.57. The smallest absolute Gasteiger partial charge is 0.318 e. The molecule has 11 heteroatoms. The Kier molecular flexibility index (Phi) is 10.0. The monoisotopic (exact) mass is 605 g/mol. The van der Waals surface area contributed by atoms with E-state index >= 15 is 0 Å². The number of carbonyl (C=O) groups excluding carboxylic acids is 3. The molecule has 1 aromatic heterocycles. The topological polar surface area (TPSA) is 113 Å². The second-order valence-electron chi connectivity index (χ2n) is 9.26. The van der Waals surface area contributed by atoms with Crippen molar-refractivity contribution in [2.75, 3.05) is 30.9 Å². The minimum atomic E-state index is -0.445. The van der Waals surface area contributed by atoms with Gasteiger partial charge in [-0.25, -0.2) is 9.78 Å². The number of aromatic nitrogens is 1. The van der Waals surface area contributed by atoms with E-state index in [1.807, 2.05) is 37.3 Å². The fourth-order valence-electron chi connectivity index (χ4n) is 3.98. The Balaban J connectivity index is 1.37. The Hall–Kier alpha value is -4.60. The number of pyridine rings is 1. The van der Waals surface area contributed by atoms with Crippen LogP contribution in [-0.2, 0) is 16.2 Å². The van der Waals surface area contributed by atoms with Crippen molar-refractivity contribution in [3.05, 3.63) is 99.7 Å². The number of likely N-dealkylation sites (N-methyl/N-ethyl adjacent to an activating group) is 1. The molecular weight excluding hydrogens is 577 g/mol. The lowest BCUT2D eigenvalue weighted by Gasteiger charge is -2.21. The van der Waals surface area contributed by atoms with Gasteiger partial charge in [0.15, 0.2) is 0 Å². The highest BCUT2D eigenvalue weighted by molar-refractivity contribution is 6.38. The van der Waals surface area contributed by atoms with Gasteiger partial charge in [-0.3, -0.25) is 9.59 Å². The largest absolute Gasteiger partial charge is 0.487 e. The van der Waals surface area contributed by atoms with Gasteiger partial charge >= 0.3 is 6.03 Å². The Morgan fingerprint density at radius 1 is 1.00 bits per heavy atom. The maximum atomic E-state index is 12.9. The number of fused-ring (bicyclic) bond motifs is 1. The fraction of sp³-hybridized carbons (Fsp3) is 0.161. The third-order valence-electron chi connectivity index (χ3n) is 6.33. The summed E-state index contributed by atoms with van der Waals surface area (Å²) in [6.45, 7) is 1.72. The van der Waals surface area contributed by atoms with Crippen molar-refractivity contribution in [3.8, 4) is 5.75 Å². The average Bonchev–Trinajstić information content (AvgIpc) is 2.99. The van der Waals surface area contributed by atoms with Crippen LogP contribution in [0.25, 0.3) is 17.0 Å². The zero-order chi connectivity index (χ0) is 30.2. The number of urea groups is 1. The van der Waals surface area contributed by atoms with Gasteiger partial charge in [0.25, 0.3) is 0 Å². The SMILES string of the molecule is CNC(=O)Nc1ccc(C=CC(=O)NCC(=O)N(C)c2ccc(Cl)c(COc3cccc4ccc(C)nc34)c2Cl)cc1. The molecule has 216 valence electrons. The van der Waals surface area contributed by atoms with Crippen LogP contribution in [-0.4, -0.2) is 43.5 Å². The van der Waals surface area contributed by atoms with Gasteiger partial charge in [-0.05, 0) is 55.0 Å². The zero-order valence-electron chi connectivity index (χ0n) is 23.2. The lowest BCUT2D eigenvalue weighted by molar-refractivity contribution is -0.122. The molecule has 0 fully saturated rings. The van der Waals surface area contributed by atoms with E-state index in [-0.39, 0.29) is 30.1 Å². The number of carbonyl (C=O) groups is 3. The van der Waals surface area contributed by atoms with Gasteiger partial charge in [0.1, 0.15) is 17.9 Å². The van der Waals surface area contributed by atoms with Crippen molar-refractivity contribution in [1.82, 2.24) is 15.6 Å². The lowest BCUT2D eigenvalue weighted by atomic mass is 10.1. The number of benzene rings is 3. The molecule has 1 heterocycles. The molecule has 0 aliphatic heterocycles. The minimum Gasteiger partial charge on any atom is -0.487 e. The summed E-state index contributed by atoms with van der Waals surface area (Å²) in [5.41, 5.74) is 3.89. The number of rotatable bonds is 9. The number of amides is 4. The molecule has 0 atom stereocenters. The van der Waals surface area contributed by atoms with E-state index in [2.05, 4.69) is 20.9 Å². The quantitative estimate of drug-likeness (QED) is 0.203. The van der Waals surface area contributed by atoms with Gasteiger partial charge in [-0.2, -0.15) is 0 Å². The molecule has 0 aliphatic carbocycles. The first-order chi connectivity index (χ1) is 20.2. The Morgan fingerprint density at radius 2 is 1.76 bits per heavy atom. The van der Waals surface area contributed by atoms with Gasteiger partial charge < -0.3 is 25.6 Å². The summed E-state index contributed by atoms with van der Waals surface area (Å²) in [7, 11) is 3.09. The predicted octanol–water partition coefficient (Wildman–Crippen LogP) is 5.97. The van der Waals surface area contributed by atoms with Crippen LogP contribution < -0.4 is 25.6 Å². The minimum absolute atomic E-state index is 0.0621. The van der Waals surface area contributed by atoms with Gasteiger partial charge in [0, 0.05) is 47.5 Å². The number of aryl methyl sites for hydroxylation is 1. The van der Waals surface area contributed by atoms with E-state index in [4.69, 9.17) is 27.9 Å². The number of hydrogen-bond acceptors (Lipinski definition) is 5. The average molecular weight is 607 g/mol. The van der Waals surface area contributed by atoms with Crippen molar-refractivity contribution in [3.63, 3.8) is 0 Å². The molecular formula is C31H29Cl2N5O4. The Labute approximate surface area is 253 Å². The molecule has 0 radical (unpaired) electrons. The molecule has 0 spiro atoms. The molecule has 3 N–H and O–H groups in total. The Morgan fingerprint density at radius 3 is 2.50 bits per heavy atom. The van der Waals surface area contributed by atoms with Crippen molar-refractivity contribution in [2.24, 2.45) is 0 Å². The molecule has 9 nitrogen and oxygen atoms in total. The standard InChI is InChI=1S/C31H29Cl2N5O4/c1-19-7-11-21-5-4-6-26(30(21)36-19)42-18-23-24(32)14-15-25(29(23)33)38(3)28(40)17-35-27(39)16-10-20-8-12-22(13-9-20)37-31(41)34-2/h4-16H,17-18H2,1-3H3,(H,35,39)(H2,34,37,41). The maximum Gasteiger partial charge on any atom is 0.318 e. The van der Waals surface area contributed by atoms with Crippen LogP contribution in [0, 0.1) is 6.92 Å². The number of anilines is 2. The molecule has 4 rings (SSSR count). The molecule has 0 saturated carbocycles. The molecule has 4 amide bonds. The summed E-state index contributed by atoms with van der Waals surface area (Å²) < 4.78 is 6.07. The molecule has 0 aliphatic rings. The molecule has 0 unspecified atom stereocenters. The van der Waals surface area contributed by atoms with Crippen LogP contribution in [0.1, 0.15) is 16.8 Å². The molecule has 42 heavy (non-hydrogen) atoms. The number of nitrogens with one attached hydrogen (secondary N) is 3. The first-order valence-corrected chi connectivity index (χ1v) is 13.7. The summed E-state index contributed by atoms with van der Waals surface area (Å²) in [5.74, 6) is -0.240. The van der Waals surface area contributed by atoms with Crippen molar-refractivity contribution in [2.45, 2.75) is 13.5 Å². The zero-order valence-corrected chi connectivity index (χ0v) is 24.7. The predicted molar refractivity (Wildman–Crippen MR) is 167 cm³/mol. The van der Waals surface area contributed by atoms with Crippen LogP contribution in [0.4, 0.5) is 16.2 Å². The van der Waals surface area contributed by atoms with Gasteiger partial charge in [-0.15, -0.1) is 0 Å². The molecule has 0 saturated heterocycles. The second kappa shape index (κ2) is 13.8. The van der Waals surface area contributed by atoms with Crippen molar-refractivity contribution >= 4 is 69.4 Å². The summed E-state index contributed by atoms with van der Waals surface area (Å²) in [4.78, 5) is 42.6. The van der Waals surface area contributed by atoms with E-state index in [0.717, 1.165) is 22.2 Å². The number of halogens is 2. The van der Waals surface area contributed by atoms with Gasteiger partial charge in [-0.1, -0.05) is 53.5 Å². The van der Waals surface area contributed by atoms with Gasteiger partial charge in [0.05, 0.1) is 17.3 Å². The first kappa shape index (κ1) is 30.4. The fourth-order valence-corrected chi connectivity index (χ4v) is 4.58. The lowest BCUT2D eigenvalue weighted by Crippen LogP contribution is -2.37. The molecule has 3 aromatic carbocycles. The van der Waals surface area contributed by atoms with Crippen LogP contribution >= 0.6 is 23.2 Å². The maximum absolute atomic E-state index is 12.9. The highest BCUT2D eigenvalue weighted by Gasteiger charge is 2.19. The number of hydrogen-bond donors (Lipinski definition) is 3. The third-order valence-corrected chi connectivity index (χ3v) is 7.11. The number of para-hydroxylation sites is 1. The van der Waals surface area contributed by atoms with Crippen molar-refractivity contribution in [1.29, 1.82) is 0 Å². The van der Waals surface area contributed by atoms with Crippen LogP contribution in [0.15, 0.2) is 72.8 Å². The Bertz CT molecular complexity index is 1660. The summed E-state index contributed by atoms with van der Waals surface area (Å²) in [5, 5.41) is 9.30. The highest BCUT2D eigenvalue weighted by atomic mass is 35.5. The van der Waals surface area contributed by atoms with Crippen molar-refractivity contribution < 1.29 is 19.1 Å². The van der Waals surface area contributed by atoms with Crippen LogP contribution in [0.5, 0.6) is 5.75 Å². The van der Waals surface area contributed by atoms with E-state index in [1.165, 1.54) is 18.0 Å². The summed E-state index contributed by atoms with van der Waals surface area (Å²) in [6.07, 6.45) is 2.92. The molecule has 4 aromatic rings. The normalized spacial score (nSPS) is 10.9. The number of nitrogens with zero attached hydrogens (tertiary/aromatic N) is 2. The van der Waals surface area contributed by atoms with Crippen LogP contribution in [0.3, 0.4) is 0 Å².